The van der Waals surface area contributed by atoms with Crippen molar-refractivity contribution in [1.82, 2.24) is 9.88 Å². The van der Waals surface area contributed by atoms with Gasteiger partial charge in [-0.2, -0.15) is 5.26 Å². The first-order chi connectivity index (χ1) is 9.90. The number of hydrogen-bond acceptors (Lipinski definition) is 4. The maximum absolute atomic E-state index is 12.2. The van der Waals surface area contributed by atoms with Gasteiger partial charge in [0.2, 0.25) is 5.91 Å². The topological polar surface area (TPSA) is 69.0 Å². The maximum Gasteiger partial charge on any atom is 0.227 e. The molecule has 1 saturated heterocycles. The number of nitrogens with zero attached hydrogens (tertiary/aromatic N) is 3. The monoisotopic (exact) mass is 286 g/mol. The van der Waals surface area contributed by atoms with E-state index in [0.29, 0.717) is 11.6 Å². The number of likely N-dealkylation sites (tertiary alicyclic amines) is 1. The molecule has 5 heteroatoms. The molecule has 1 aromatic rings. The Bertz CT molecular complexity index is 548. The lowest BCUT2D eigenvalue weighted by atomic mass is 9.93. The number of pyridine rings is 1. The third kappa shape index (κ3) is 3.94. The Morgan fingerprint density at radius 1 is 1.43 bits per heavy atom. The number of piperidine rings is 1. The molecule has 1 aliphatic rings. The van der Waals surface area contributed by atoms with Crippen molar-refractivity contribution in [3.8, 4) is 6.07 Å². The SMILES string of the molecule is CC(C)(C)C(=O)N1CCC(Nc2cc(C#N)ccn2)CC1. The summed E-state index contributed by atoms with van der Waals surface area (Å²) < 4.78 is 0. The normalized spacial score (nSPS) is 16.4. The van der Waals surface area contributed by atoms with Gasteiger partial charge >= 0.3 is 0 Å². The lowest BCUT2D eigenvalue weighted by molar-refractivity contribution is -0.140. The molecular weight excluding hydrogens is 264 g/mol. The van der Waals surface area contributed by atoms with E-state index in [-0.39, 0.29) is 11.3 Å². The van der Waals surface area contributed by atoms with Crippen LogP contribution in [0.2, 0.25) is 0 Å². The molecule has 2 heterocycles. The van der Waals surface area contributed by atoms with Crippen LogP contribution in [0.5, 0.6) is 0 Å². The van der Waals surface area contributed by atoms with Gasteiger partial charge in [0.25, 0.3) is 0 Å². The molecule has 21 heavy (non-hydrogen) atoms. The van der Waals surface area contributed by atoms with Gasteiger partial charge in [0.1, 0.15) is 5.82 Å². The number of amides is 1. The van der Waals surface area contributed by atoms with Crippen LogP contribution in [-0.2, 0) is 4.79 Å². The van der Waals surface area contributed by atoms with Gasteiger partial charge < -0.3 is 10.2 Å². The van der Waals surface area contributed by atoms with E-state index in [4.69, 9.17) is 5.26 Å². The van der Waals surface area contributed by atoms with Gasteiger partial charge in [0.05, 0.1) is 11.6 Å². The second kappa shape index (κ2) is 6.13. The highest BCUT2D eigenvalue weighted by molar-refractivity contribution is 5.81. The van der Waals surface area contributed by atoms with Gasteiger partial charge in [-0.3, -0.25) is 4.79 Å². The lowest BCUT2D eigenvalue weighted by Gasteiger charge is -2.36. The minimum atomic E-state index is -0.317. The second-order valence-corrected chi connectivity index (χ2v) is 6.50. The molecule has 1 aliphatic heterocycles. The highest BCUT2D eigenvalue weighted by Gasteiger charge is 2.30. The third-order valence-electron chi connectivity index (χ3n) is 3.66. The van der Waals surface area contributed by atoms with Crippen molar-refractivity contribution in [3.05, 3.63) is 23.9 Å². The molecule has 5 nitrogen and oxygen atoms in total. The summed E-state index contributed by atoms with van der Waals surface area (Å²) in [6.45, 7) is 7.41. The lowest BCUT2D eigenvalue weighted by Crippen LogP contribution is -2.46. The van der Waals surface area contributed by atoms with Crippen molar-refractivity contribution in [2.75, 3.05) is 18.4 Å². The van der Waals surface area contributed by atoms with Gasteiger partial charge in [-0.1, -0.05) is 20.8 Å². The summed E-state index contributed by atoms with van der Waals surface area (Å²) in [5.74, 6) is 0.945. The number of anilines is 1. The predicted octanol–water partition coefficient (Wildman–Crippen LogP) is 2.40. The molecule has 0 unspecified atom stereocenters. The van der Waals surface area contributed by atoms with Crippen LogP contribution in [0, 0.1) is 16.7 Å². The Kier molecular flexibility index (Phi) is 4.46. The van der Waals surface area contributed by atoms with E-state index in [9.17, 15) is 4.79 Å². The zero-order chi connectivity index (χ0) is 15.5. The summed E-state index contributed by atoms with van der Waals surface area (Å²) >= 11 is 0. The number of carbonyl (C=O) groups is 1. The minimum Gasteiger partial charge on any atom is -0.367 e. The van der Waals surface area contributed by atoms with Gasteiger partial charge in [-0.15, -0.1) is 0 Å². The van der Waals surface area contributed by atoms with E-state index in [0.717, 1.165) is 31.7 Å². The van der Waals surface area contributed by atoms with Crippen molar-refractivity contribution >= 4 is 11.7 Å². The van der Waals surface area contributed by atoms with E-state index in [1.807, 2.05) is 25.7 Å². The second-order valence-electron chi connectivity index (χ2n) is 6.50. The number of aromatic nitrogens is 1. The van der Waals surface area contributed by atoms with Crippen LogP contribution in [0.25, 0.3) is 0 Å². The third-order valence-corrected chi connectivity index (χ3v) is 3.66. The Balaban J connectivity index is 1.90. The van der Waals surface area contributed by atoms with Crippen LogP contribution in [-0.4, -0.2) is 34.9 Å². The fourth-order valence-corrected chi connectivity index (χ4v) is 2.49. The fourth-order valence-electron chi connectivity index (χ4n) is 2.49. The summed E-state index contributed by atoms with van der Waals surface area (Å²) in [4.78, 5) is 18.4. The summed E-state index contributed by atoms with van der Waals surface area (Å²) in [6.07, 6.45) is 3.44. The average Bonchev–Trinajstić information content (AvgIpc) is 2.46. The molecule has 1 fully saturated rings. The van der Waals surface area contributed by atoms with E-state index >= 15 is 0 Å². The molecule has 0 spiro atoms. The zero-order valence-electron chi connectivity index (χ0n) is 12.9. The Morgan fingerprint density at radius 3 is 2.67 bits per heavy atom. The molecular formula is C16H22N4O. The molecule has 0 aromatic carbocycles. The summed E-state index contributed by atoms with van der Waals surface area (Å²) in [6, 6.07) is 5.86. The van der Waals surface area contributed by atoms with E-state index < -0.39 is 0 Å². The first kappa shape index (κ1) is 15.3. The van der Waals surface area contributed by atoms with Gasteiger partial charge in [0, 0.05) is 30.7 Å². The van der Waals surface area contributed by atoms with Crippen molar-refractivity contribution in [2.45, 2.75) is 39.7 Å². The Labute approximate surface area is 126 Å². The number of carbonyl (C=O) groups excluding carboxylic acids is 1. The molecule has 0 saturated carbocycles. The minimum absolute atomic E-state index is 0.213. The molecule has 112 valence electrons. The summed E-state index contributed by atoms with van der Waals surface area (Å²) in [5.41, 5.74) is 0.288. The van der Waals surface area contributed by atoms with E-state index in [1.54, 1.807) is 18.3 Å². The summed E-state index contributed by atoms with van der Waals surface area (Å²) in [5, 5.41) is 12.2. The standard InChI is InChI=1S/C16H22N4O/c1-16(2,3)15(21)20-8-5-13(6-9-20)19-14-10-12(11-17)4-7-18-14/h4,7,10,13H,5-6,8-9H2,1-3H3,(H,18,19). The van der Waals surface area contributed by atoms with Crippen LogP contribution in [0.1, 0.15) is 39.2 Å². The zero-order valence-corrected chi connectivity index (χ0v) is 12.9. The van der Waals surface area contributed by atoms with E-state index in [1.165, 1.54) is 0 Å². The molecule has 1 aromatic heterocycles. The fraction of sp³-hybridized carbons (Fsp3) is 0.562. The van der Waals surface area contributed by atoms with Crippen molar-refractivity contribution < 1.29 is 4.79 Å². The Hall–Kier alpha value is -2.09. The maximum atomic E-state index is 12.2. The van der Waals surface area contributed by atoms with Crippen LogP contribution in [0.15, 0.2) is 18.3 Å². The highest BCUT2D eigenvalue weighted by Crippen LogP contribution is 2.22. The quantitative estimate of drug-likeness (QED) is 0.906. The molecule has 2 rings (SSSR count). The van der Waals surface area contributed by atoms with Gasteiger partial charge in [0.15, 0.2) is 0 Å². The number of nitriles is 1. The smallest absolute Gasteiger partial charge is 0.227 e. The first-order valence-corrected chi connectivity index (χ1v) is 7.32. The molecule has 0 bridgehead atoms. The van der Waals surface area contributed by atoms with Crippen LogP contribution < -0.4 is 5.32 Å². The van der Waals surface area contributed by atoms with Crippen LogP contribution >= 0.6 is 0 Å². The molecule has 1 N–H and O–H groups in total. The largest absolute Gasteiger partial charge is 0.367 e. The van der Waals surface area contributed by atoms with Crippen LogP contribution in [0.3, 0.4) is 0 Å². The average molecular weight is 286 g/mol. The predicted molar refractivity (Wildman–Crippen MR) is 81.6 cm³/mol. The molecule has 0 atom stereocenters. The summed E-state index contributed by atoms with van der Waals surface area (Å²) in [7, 11) is 0. The van der Waals surface area contributed by atoms with Crippen molar-refractivity contribution in [3.63, 3.8) is 0 Å². The molecule has 1 amide bonds. The van der Waals surface area contributed by atoms with Crippen molar-refractivity contribution in [2.24, 2.45) is 5.41 Å². The van der Waals surface area contributed by atoms with Gasteiger partial charge in [-0.05, 0) is 25.0 Å². The number of rotatable bonds is 2. The van der Waals surface area contributed by atoms with Crippen molar-refractivity contribution in [1.29, 1.82) is 5.26 Å². The molecule has 0 radical (unpaired) electrons. The number of nitrogens with one attached hydrogen (secondary N) is 1. The van der Waals surface area contributed by atoms with Crippen LogP contribution in [0.4, 0.5) is 5.82 Å². The van der Waals surface area contributed by atoms with Gasteiger partial charge in [-0.25, -0.2) is 4.98 Å². The first-order valence-electron chi connectivity index (χ1n) is 7.32. The highest BCUT2D eigenvalue weighted by atomic mass is 16.2. The molecule has 0 aliphatic carbocycles. The number of hydrogen-bond donors (Lipinski definition) is 1. The van der Waals surface area contributed by atoms with E-state index in [2.05, 4.69) is 16.4 Å². The Morgan fingerprint density at radius 2 is 2.10 bits per heavy atom.